The second-order valence-corrected chi connectivity index (χ2v) is 4.84. The van der Waals surface area contributed by atoms with Crippen LogP contribution in [-0.2, 0) is 0 Å². The molecule has 3 aromatic carbocycles. The SMILES string of the molecule is O=[N+]([O-])c1cc([N+](=O)[O-])c2ccccc2c1Nc1ccccc1. The van der Waals surface area contributed by atoms with Crippen molar-refractivity contribution in [1.29, 1.82) is 0 Å². The molecule has 3 aromatic rings. The lowest BCUT2D eigenvalue weighted by atomic mass is 10.0. The van der Waals surface area contributed by atoms with E-state index >= 15 is 0 Å². The van der Waals surface area contributed by atoms with E-state index in [9.17, 15) is 20.2 Å². The lowest BCUT2D eigenvalue weighted by Crippen LogP contribution is -2.00. The highest BCUT2D eigenvalue weighted by molar-refractivity contribution is 6.04. The first kappa shape index (κ1) is 14.5. The molecule has 7 nitrogen and oxygen atoms in total. The van der Waals surface area contributed by atoms with Gasteiger partial charge in [-0.3, -0.25) is 20.2 Å². The summed E-state index contributed by atoms with van der Waals surface area (Å²) in [4.78, 5) is 21.4. The molecule has 0 fully saturated rings. The summed E-state index contributed by atoms with van der Waals surface area (Å²) >= 11 is 0. The van der Waals surface area contributed by atoms with Crippen molar-refractivity contribution in [2.45, 2.75) is 0 Å². The van der Waals surface area contributed by atoms with Crippen LogP contribution in [0.3, 0.4) is 0 Å². The average Bonchev–Trinajstić information content (AvgIpc) is 2.55. The Labute approximate surface area is 130 Å². The first-order valence-electron chi connectivity index (χ1n) is 6.74. The monoisotopic (exact) mass is 309 g/mol. The summed E-state index contributed by atoms with van der Waals surface area (Å²) in [5.74, 6) is 0. The van der Waals surface area contributed by atoms with Gasteiger partial charge in [-0.05, 0) is 18.2 Å². The predicted octanol–water partition coefficient (Wildman–Crippen LogP) is 4.40. The Kier molecular flexibility index (Phi) is 3.60. The van der Waals surface area contributed by atoms with Gasteiger partial charge in [0.05, 0.1) is 21.3 Å². The van der Waals surface area contributed by atoms with E-state index in [1.54, 1.807) is 48.5 Å². The van der Waals surface area contributed by atoms with Crippen LogP contribution in [-0.4, -0.2) is 9.85 Å². The van der Waals surface area contributed by atoms with E-state index in [4.69, 9.17) is 0 Å². The van der Waals surface area contributed by atoms with Crippen LogP contribution in [0, 0.1) is 20.2 Å². The van der Waals surface area contributed by atoms with Crippen molar-refractivity contribution in [3.63, 3.8) is 0 Å². The number of fused-ring (bicyclic) bond motifs is 1. The summed E-state index contributed by atoms with van der Waals surface area (Å²) in [6, 6.07) is 16.5. The Bertz CT molecular complexity index is 910. The average molecular weight is 309 g/mol. The predicted molar refractivity (Wildman–Crippen MR) is 87.0 cm³/mol. The standard InChI is InChI=1S/C16H11N3O4/c20-18(21)14-10-15(19(22)23)16(13-9-5-4-8-12(13)14)17-11-6-2-1-3-7-11/h1-10,17H. The third-order valence-corrected chi connectivity index (χ3v) is 3.44. The fourth-order valence-electron chi connectivity index (χ4n) is 2.43. The Balaban J connectivity index is 2.30. The van der Waals surface area contributed by atoms with E-state index in [1.165, 1.54) is 0 Å². The van der Waals surface area contributed by atoms with Crippen molar-refractivity contribution in [3.05, 3.63) is 80.9 Å². The van der Waals surface area contributed by atoms with Crippen molar-refractivity contribution in [1.82, 2.24) is 0 Å². The zero-order valence-electron chi connectivity index (χ0n) is 11.8. The second kappa shape index (κ2) is 5.72. The largest absolute Gasteiger partial charge is 0.349 e. The zero-order valence-corrected chi connectivity index (χ0v) is 11.8. The van der Waals surface area contributed by atoms with Crippen LogP contribution in [0.5, 0.6) is 0 Å². The van der Waals surface area contributed by atoms with Gasteiger partial charge in [0.15, 0.2) is 0 Å². The molecule has 0 aliphatic heterocycles. The van der Waals surface area contributed by atoms with Gasteiger partial charge in [0.1, 0.15) is 5.69 Å². The normalized spacial score (nSPS) is 10.4. The highest BCUT2D eigenvalue weighted by Crippen LogP contribution is 2.40. The van der Waals surface area contributed by atoms with E-state index < -0.39 is 9.85 Å². The van der Waals surface area contributed by atoms with Crippen LogP contribution in [0.1, 0.15) is 0 Å². The number of nitro benzene ring substituents is 2. The Morgan fingerprint density at radius 1 is 0.739 bits per heavy atom. The molecule has 114 valence electrons. The van der Waals surface area contributed by atoms with Crippen LogP contribution in [0.15, 0.2) is 60.7 Å². The van der Waals surface area contributed by atoms with Crippen molar-refractivity contribution < 1.29 is 9.85 Å². The lowest BCUT2D eigenvalue weighted by molar-refractivity contribution is -0.392. The highest BCUT2D eigenvalue weighted by atomic mass is 16.6. The smallest absolute Gasteiger partial charge is 0.300 e. The maximum atomic E-state index is 11.4. The first-order valence-corrected chi connectivity index (χ1v) is 6.74. The van der Waals surface area contributed by atoms with Gasteiger partial charge in [-0.1, -0.05) is 36.4 Å². The lowest BCUT2D eigenvalue weighted by Gasteiger charge is -2.11. The summed E-state index contributed by atoms with van der Waals surface area (Å²) < 4.78 is 0. The summed E-state index contributed by atoms with van der Waals surface area (Å²) in [6.07, 6.45) is 0. The number of benzene rings is 3. The minimum Gasteiger partial charge on any atom is -0.349 e. The van der Waals surface area contributed by atoms with Gasteiger partial charge in [0, 0.05) is 11.1 Å². The third kappa shape index (κ3) is 2.67. The van der Waals surface area contributed by atoms with Crippen LogP contribution < -0.4 is 5.32 Å². The molecular weight excluding hydrogens is 298 g/mol. The maximum Gasteiger partial charge on any atom is 0.300 e. The molecule has 0 aliphatic carbocycles. The number of nitrogens with zero attached hydrogens (tertiary/aromatic N) is 2. The zero-order chi connectivity index (χ0) is 16.4. The van der Waals surface area contributed by atoms with Crippen LogP contribution in [0.4, 0.5) is 22.7 Å². The molecule has 0 heterocycles. The Morgan fingerprint density at radius 3 is 1.91 bits per heavy atom. The fourth-order valence-corrected chi connectivity index (χ4v) is 2.43. The number of hydrogen-bond donors (Lipinski definition) is 1. The van der Waals surface area contributed by atoms with Gasteiger partial charge in [0.2, 0.25) is 0 Å². The number of anilines is 2. The number of para-hydroxylation sites is 1. The molecule has 0 spiro atoms. The number of rotatable bonds is 4. The van der Waals surface area contributed by atoms with Crippen LogP contribution >= 0.6 is 0 Å². The molecule has 0 saturated heterocycles. The molecule has 0 aromatic heterocycles. The van der Waals surface area contributed by atoms with E-state index in [0.717, 1.165) is 6.07 Å². The van der Waals surface area contributed by atoms with Gasteiger partial charge in [-0.15, -0.1) is 0 Å². The van der Waals surface area contributed by atoms with Gasteiger partial charge >= 0.3 is 0 Å². The highest BCUT2D eigenvalue weighted by Gasteiger charge is 2.25. The number of nitrogens with one attached hydrogen (secondary N) is 1. The van der Waals surface area contributed by atoms with Gasteiger partial charge in [-0.2, -0.15) is 0 Å². The van der Waals surface area contributed by atoms with Crippen LogP contribution in [0.25, 0.3) is 10.8 Å². The minimum absolute atomic E-state index is 0.238. The number of non-ortho nitro benzene ring substituents is 1. The Morgan fingerprint density at radius 2 is 1.30 bits per heavy atom. The molecule has 7 heteroatoms. The number of nitro groups is 2. The molecule has 0 atom stereocenters. The van der Waals surface area contributed by atoms with Gasteiger partial charge in [-0.25, -0.2) is 0 Å². The van der Waals surface area contributed by atoms with Gasteiger partial charge in [0.25, 0.3) is 11.4 Å². The number of hydrogen-bond acceptors (Lipinski definition) is 5. The fraction of sp³-hybridized carbons (Fsp3) is 0. The molecule has 0 bridgehead atoms. The molecular formula is C16H11N3O4. The summed E-state index contributed by atoms with van der Waals surface area (Å²) in [5.41, 5.74) is 0.280. The molecule has 0 amide bonds. The molecule has 23 heavy (non-hydrogen) atoms. The van der Waals surface area contributed by atoms with E-state index in [2.05, 4.69) is 5.32 Å². The Hall–Kier alpha value is -3.48. The van der Waals surface area contributed by atoms with Crippen molar-refractivity contribution in [2.24, 2.45) is 0 Å². The van der Waals surface area contributed by atoms with Crippen LogP contribution in [0.2, 0.25) is 0 Å². The van der Waals surface area contributed by atoms with E-state index in [-0.39, 0.29) is 17.1 Å². The third-order valence-electron chi connectivity index (χ3n) is 3.44. The first-order chi connectivity index (χ1) is 11.1. The molecule has 3 rings (SSSR count). The molecule has 0 saturated carbocycles. The molecule has 0 unspecified atom stereocenters. The van der Waals surface area contributed by atoms with Crippen molar-refractivity contribution in [2.75, 3.05) is 5.32 Å². The summed E-state index contributed by atoms with van der Waals surface area (Å²) in [6.45, 7) is 0. The molecule has 1 N–H and O–H groups in total. The summed E-state index contributed by atoms with van der Waals surface area (Å²) in [7, 11) is 0. The maximum absolute atomic E-state index is 11.4. The molecule has 0 aliphatic rings. The minimum atomic E-state index is -0.620. The quantitative estimate of drug-likeness (QED) is 0.569. The second-order valence-electron chi connectivity index (χ2n) is 4.84. The topological polar surface area (TPSA) is 98.3 Å². The van der Waals surface area contributed by atoms with E-state index in [0.29, 0.717) is 16.5 Å². The van der Waals surface area contributed by atoms with Crippen molar-refractivity contribution >= 4 is 33.5 Å². The van der Waals surface area contributed by atoms with Crippen molar-refractivity contribution in [3.8, 4) is 0 Å². The van der Waals surface area contributed by atoms with Gasteiger partial charge < -0.3 is 5.32 Å². The molecule has 0 radical (unpaired) electrons. The van der Waals surface area contributed by atoms with E-state index in [1.807, 2.05) is 6.07 Å². The summed E-state index contributed by atoms with van der Waals surface area (Å²) in [5, 5.41) is 26.4.